The van der Waals surface area contributed by atoms with Crippen LogP contribution in [0.4, 0.5) is 4.79 Å². The Hall–Kier alpha value is -1.30. The van der Waals surface area contributed by atoms with Crippen LogP contribution in [0.3, 0.4) is 0 Å². The molecule has 2 rings (SSSR count). The van der Waals surface area contributed by atoms with Gasteiger partial charge in [0.25, 0.3) is 0 Å². The number of hydrogen-bond donors (Lipinski definition) is 2. The van der Waals surface area contributed by atoms with E-state index in [2.05, 4.69) is 24.5 Å². The van der Waals surface area contributed by atoms with Gasteiger partial charge in [-0.05, 0) is 46.0 Å². The number of carbonyl (C=O) groups is 2. The second-order valence-corrected chi connectivity index (χ2v) is 8.42. The summed E-state index contributed by atoms with van der Waals surface area (Å²) in [6.45, 7) is 12.2. The lowest BCUT2D eigenvalue weighted by Crippen LogP contribution is -2.53. The molecule has 2 N–H and O–H groups in total. The Morgan fingerprint density at radius 1 is 1.12 bits per heavy atom. The molecule has 2 aliphatic heterocycles. The quantitative estimate of drug-likeness (QED) is 0.827. The van der Waals surface area contributed by atoms with E-state index in [0.717, 1.165) is 19.3 Å². The smallest absolute Gasteiger partial charge is 0.317 e. The largest absolute Gasteiger partial charge is 0.377 e. The third-order valence-corrected chi connectivity index (χ3v) is 4.74. The summed E-state index contributed by atoms with van der Waals surface area (Å²) in [6.07, 6.45) is 2.45. The van der Waals surface area contributed by atoms with Gasteiger partial charge in [-0.3, -0.25) is 4.79 Å². The lowest BCUT2D eigenvalue weighted by atomic mass is 9.91. The SMILES string of the molecule is CC(C)[C@@H]1OCC[C@@H]1C(=O)NC1CCN(C(=O)NC(C)(C)C)CC1. The normalized spacial score (nSPS) is 25.8. The zero-order chi connectivity index (χ0) is 17.9. The predicted octanol–water partition coefficient (Wildman–Crippen LogP) is 2.14. The van der Waals surface area contributed by atoms with Crippen molar-refractivity contribution in [1.29, 1.82) is 0 Å². The lowest BCUT2D eigenvalue weighted by molar-refractivity contribution is -0.128. The van der Waals surface area contributed by atoms with Crippen LogP contribution in [0.25, 0.3) is 0 Å². The van der Waals surface area contributed by atoms with E-state index in [4.69, 9.17) is 4.74 Å². The van der Waals surface area contributed by atoms with Crippen molar-refractivity contribution in [3.8, 4) is 0 Å². The molecule has 2 heterocycles. The molecule has 24 heavy (non-hydrogen) atoms. The van der Waals surface area contributed by atoms with Crippen LogP contribution in [-0.4, -0.2) is 54.2 Å². The molecular formula is C18H33N3O3. The van der Waals surface area contributed by atoms with Crippen LogP contribution in [0.2, 0.25) is 0 Å². The number of amides is 3. The number of hydrogen-bond acceptors (Lipinski definition) is 3. The molecule has 0 spiro atoms. The number of nitrogens with zero attached hydrogens (tertiary/aromatic N) is 1. The molecule has 2 fully saturated rings. The highest BCUT2D eigenvalue weighted by atomic mass is 16.5. The Morgan fingerprint density at radius 3 is 2.29 bits per heavy atom. The van der Waals surface area contributed by atoms with Gasteiger partial charge in [0.1, 0.15) is 0 Å². The zero-order valence-corrected chi connectivity index (χ0v) is 15.7. The van der Waals surface area contributed by atoms with Crippen molar-refractivity contribution in [2.24, 2.45) is 11.8 Å². The zero-order valence-electron chi connectivity index (χ0n) is 15.7. The van der Waals surface area contributed by atoms with Crippen LogP contribution in [0.15, 0.2) is 0 Å². The molecule has 0 saturated carbocycles. The first kappa shape index (κ1) is 19.0. The average Bonchev–Trinajstić information content (AvgIpc) is 2.96. The van der Waals surface area contributed by atoms with Gasteiger partial charge in [0.2, 0.25) is 5.91 Å². The first-order valence-corrected chi connectivity index (χ1v) is 9.16. The highest BCUT2D eigenvalue weighted by Gasteiger charge is 2.37. The molecule has 3 amide bonds. The van der Waals surface area contributed by atoms with E-state index in [0.29, 0.717) is 25.6 Å². The summed E-state index contributed by atoms with van der Waals surface area (Å²) in [7, 11) is 0. The second-order valence-electron chi connectivity index (χ2n) is 8.42. The number of rotatable bonds is 3. The van der Waals surface area contributed by atoms with Crippen molar-refractivity contribution in [1.82, 2.24) is 15.5 Å². The molecule has 2 saturated heterocycles. The summed E-state index contributed by atoms with van der Waals surface area (Å²) in [5.41, 5.74) is -0.226. The van der Waals surface area contributed by atoms with Gasteiger partial charge < -0.3 is 20.3 Å². The fraction of sp³-hybridized carbons (Fsp3) is 0.889. The first-order valence-electron chi connectivity index (χ1n) is 9.16. The van der Waals surface area contributed by atoms with Crippen molar-refractivity contribution < 1.29 is 14.3 Å². The fourth-order valence-electron chi connectivity index (χ4n) is 3.48. The van der Waals surface area contributed by atoms with Crippen molar-refractivity contribution in [2.45, 2.75) is 71.6 Å². The molecule has 2 aliphatic rings. The molecule has 0 aliphatic carbocycles. The standard InChI is InChI=1S/C18H33N3O3/c1-12(2)15-14(8-11-24-15)16(22)19-13-6-9-21(10-7-13)17(23)20-18(3,4)5/h12-15H,6-11H2,1-5H3,(H,19,22)(H,20,23)/t14-,15-/m0/s1. The Morgan fingerprint density at radius 2 is 1.75 bits per heavy atom. The fourth-order valence-corrected chi connectivity index (χ4v) is 3.48. The second kappa shape index (κ2) is 7.72. The third kappa shape index (κ3) is 5.10. The van der Waals surface area contributed by atoms with E-state index in [-0.39, 0.29) is 35.5 Å². The molecule has 0 unspecified atom stereocenters. The van der Waals surface area contributed by atoms with Gasteiger partial charge >= 0.3 is 6.03 Å². The highest BCUT2D eigenvalue weighted by Crippen LogP contribution is 2.27. The Balaban J connectivity index is 1.78. The van der Waals surface area contributed by atoms with E-state index >= 15 is 0 Å². The summed E-state index contributed by atoms with van der Waals surface area (Å²) in [4.78, 5) is 26.6. The third-order valence-electron chi connectivity index (χ3n) is 4.74. The van der Waals surface area contributed by atoms with Crippen LogP contribution >= 0.6 is 0 Å². The van der Waals surface area contributed by atoms with Gasteiger partial charge in [-0.2, -0.15) is 0 Å². The topological polar surface area (TPSA) is 70.7 Å². The predicted molar refractivity (Wildman–Crippen MR) is 93.7 cm³/mol. The maximum atomic E-state index is 12.5. The molecule has 138 valence electrons. The van der Waals surface area contributed by atoms with Crippen LogP contribution in [0, 0.1) is 11.8 Å². The summed E-state index contributed by atoms with van der Waals surface area (Å²) in [6, 6.07) is 0.140. The summed E-state index contributed by atoms with van der Waals surface area (Å²) >= 11 is 0. The first-order chi connectivity index (χ1) is 11.2. The maximum Gasteiger partial charge on any atom is 0.317 e. The Bertz CT molecular complexity index is 451. The van der Waals surface area contributed by atoms with E-state index in [1.807, 2.05) is 25.7 Å². The lowest BCUT2D eigenvalue weighted by Gasteiger charge is -2.35. The van der Waals surface area contributed by atoms with Gasteiger partial charge in [0.15, 0.2) is 0 Å². The van der Waals surface area contributed by atoms with Gasteiger partial charge in [-0.1, -0.05) is 13.8 Å². The number of likely N-dealkylation sites (tertiary alicyclic amines) is 1. The number of urea groups is 1. The molecule has 0 radical (unpaired) electrons. The number of carbonyl (C=O) groups excluding carboxylic acids is 2. The highest BCUT2D eigenvalue weighted by molar-refractivity contribution is 5.80. The number of ether oxygens (including phenoxy) is 1. The molecular weight excluding hydrogens is 306 g/mol. The van der Waals surface area contributed by atoms with E-state index in [1.54, 1.807) is 0 Å². The molecule has 6 nitrogen and oxygen atoms in total. The van der Waals surface area contributed by atoms with Crippen LogP contribution in [0.5, 0.6) is 0 Å². The van der Waals surface area contributed by atoms with Gasteiger partial charge in [-0.25, -0.2) is 4.79 Å². The van der Waals surface area contributed by atoms with Gasteiger partial charge in [0, 0.05) is 31.3 Å². The summed E-state index contributed by atoms with van der Waals surface area (Å²) in [5, 5.41) is 6.17. The molecule has 2 atom stereocenters. The summed E-state index contributed by atoms with van der Waals surface area (Å²) < 4.78 is 5.71. The monoisotopic (exact) mass is 339 g/mol. The van der Waals surface area contributed by atoms with Crippen molar-refractivity contribution in [3.63, 3.8) is 0 Å². The van der Waals surface area contributed by atoms with E-state index in [1.165, 1.54) is 0 Å². The minimum atomic E-state index is -0.226. The number of nitrogens with one attached hydrogen (secondary N) is 2. The van der Waals surface area contributed by atoms with Gasteiger partial charge in [-0.15, -0.1) is 0 Å². The van der Waals surface area contributed by atoms with Crippen LogP contribution in [0.1, 0.15) is 53.9 Å². The maximum absolute atomic E-state index is 12.5. The van der Waals surface area contributed by atoms with Crippen molar-refractivity contribution in [2.75, 3.05) is 19.7 Å². The summed E-state index contributed by atoms with van der Waals surface area (Å²) in [5.74, 6) is 0.433. The molecule has 6 heteroatoms. The van der Waals surface area contributed by atoms with Crippen LogP contribution in [-0.2, 0) is 9.53 Å². The van der Waals surface area contributed by atoms with E-state index in [9.17, 15) is 9.59 Å². The molecule has 0 aromatic heterocycles. The van der Waals surface area contributed by atoms with Crippen molar-refractivity contribution in [3.05, 3.63) is 0 Å². The average molecular weight is 339 g/mol. The molecule has 0 aromatic carbocycles. The Labute approximate surface area is 145 Å². The molecule has 0 aromatic rings. The molecule has 0 bridgehead atoms. The van der Waals surface area contributed by atoms with Crippen molar-refractivity contribution >= 4 is 11.9 Å². The minimum absolute atomic E-state index is 0.0173. The minimum Gasteiger partial charge on any atom is -0.377 e. The van der Waals surface area contributed by atoms with Gasteiger partial charge in [0.05, 0.1) is 12.0 Å². The van der Waals surface area contributed by atoms with E-state index < -0.39 is 0 Å². The van der Waals surface area contributed by atoms with Crippen LogP contribution < -0.4 is 10.6 Å². The number of piperidine rings is 1. The Kier molecular flexibility index (Phi) is 6.12.